The van der Waals surface area contributed by atoms with Crippen molar-refractivity contribution in [2.24, 2.45) is 0 Å². The molecule has 5 aromatic rings. The molecule has 0 N–H and O–H groups in total. The fourth-order valence-electron chi connectivity index (χ4n) is 3.95. The molecule has 5 rings (SSSR count). The van der Waals surface area contributed by atoms with Gasteiger partial charge in [-0.1, -0.05) is 103 Å². The van der Waals surface area contributed by atoms with Crippen molar-refractivity contribution >= 4 is 16.7 Å². The van der Waals surface area contributed by atoms with Crippen molar-refractivity contribution in [3.63, 3.8) is 0 Å². The van der Waals surface area contributed by atoms with Crippen LogP contribution < -0.4 is 9.47 Å². The SMILES string of the molecule is O=C(OCc1ccccc1)c1cc2cccc(OCc3ccccc3)c2cc1OCc1ccccc1. The van der Waals surface area contributed by atoms with Crippen LogP contribution >= 0.6 is 0 Å². The molecule has 4 nitrogen and oxygen atoms in total. The number of esters is 1. The lowest BCUT2D eigenvalue weighted by molar-refractivity contribution is 0.0468. The number of rotatable bonds is 9. The van der Waals surface area contributed by atoms with E-state index in [1.54, 1.807) is 0 Å². The highest BCUT2D eigenvalue weighted by Crippen LogP contribution is 2.34. The van der Waals surface area contributed by atoms with Crippen LogP contribution in [0.4, 0.5) is 0 Å². The second-order valence-electron chi connectivity index (χ2n) is 8.44. The summed E-state index contributed by atoms with van der Waals surface area (Å²) in [7, 11) is 0. The summed E-state index contributed by atoms with van der Waals surface area (Å²) in [5, 5.41) is 1.75. The van der Waals surface area contributed by atoms with Gasteiger partial charge in [0, 0.05) is 5.39 Å². The van der Waals surface area contributed by atoms with Gasteiger partial charge in [-0.3, -0.25) is 0 Å². The third kappa shape index (κ3) is 5.73. The molecule has 4 heteroatoms. The molecule has 0 saturated heterocycles. The molecular formula is C32H26O4. The first-order valence-electron chi connectivity index (χ1n) is 11.9. The summed E-state index contributed by atoms with van der Waals surface area (Å²) in [5.74, 6) is 0.754. The monoisotopic (exact) mass is 474 g/mol. The van der Waals surface area contributed by atoms with Crippen LogP contribution in [0.2, 0.25) is 0 Å². The van der Waals surface area contributed by atoms with Gasteiger partial charge in [-0.25, -0.2) is 4.79 Å². The van der Waals surface area contributed by atoms with Crippen LogP contribution in [0.1, 0.15) is 27.0 Å². The molecule has 36 heavy (non-hydrogen) atoms. The molecule has 0 aliphatic carbocycles. The van der Waals surface area contributed by atoms with Gasteiger partial charge in [-0.15, -0.1) is 0 Å². The Bertz CT molecular complexity index is 1430. The van der Waals surface area contributed by atoms with Gasteiger partial charge in [-0.2, -0.15) is 0 Å². The predicted molar refractivity (Wildman–Crippen MR) is 141 cm³/mol. The summed E-state index contributed by atoms with van der Waals surface area (Å²) in [4.78, 5) is 13.2. The van der Waals surface area contributed by atoms with Crippen LogP contribution in [-0.4, -0.2) is 5.97 Å². The van der Waals surface area contributed by atoms with E-state index < -0.39 is 5.97 Å². The molecular weight excluding hydrogens is 448 g/mol. The molecule has 0 amide bonds. The van der Waals surface area contributed by atoms with E-state index in [9.17, 15) is 4.79 Å². The third-order valence-corrected chi connectivity index (χ3v) is 5.85. The minimum atomic E-state index is -0.431. The minimum absolute atomic E-state index is 0.191. The average molecular weight is 475 g/mol. The zero-order valence-corrected chi connectivity index (χ0v) is 19.8. The molecule has 0 aromatic heterocycles. The van der Waals surface area contributed by atoms with E-state index in [2.05, 4.69) is 0 Å². The molecule has 0 unspecified atom stereocenters. The maximum absolute atomic E-state index is 13.2. The van der Waals surface area contributed by atoms with Crippen molar-refractivity contribution in [3.05, 3.63) is 144 Å². The van der Waals surface area contributed by atoms with Crippen LogP contribution in [0.3, 0.4) is 0 Å². The summed E-state index contributed by atoms with van der Waals surface area (Å²) in [5.41, 5.74) is 3.40. The first kappa shape index (κ1) is 23.2. The topological polar surface area (TPSA) is 44.8 Å². The van der Waals surface area contributed by atoms with E-state index in [4.69, 9.17) is 14.2 Å². The van der Waals surface area contributed by atoms with Gasteiger partial charge < -0.3 is 14.2 Å². The number of fused-ring (bicyclic) bond motifs is 1. The lowest BCUT2D eigenvalue weighted by atomic mass is 10.0. The van der Waals surface area contributed by atoms with Gasteiger partial charge >= 0.3 is 5.97 Å². The van der Waals surface area contributed by atoms with Crippen molar-refractivity contribution in [1.29, 1.82) is 0 Å². The zero-order chi connectivity index (χ0) is 24.6. The Morgan fingerprint density at radius 2 is 1.06 bits per heavy atom. The quantitative estimate of drug-likeness (QED) is 0.209. The van der Waals surface area contributed by atoms with E-state index in [0.29, 0.717) is 24.5 Å². The van der Waals surface area contributed by atoms with Gasteiger partial charge in [-0.05, 0) is 40.3 Å². The summed E-state index contributed by atoms with van der Waals surface area (Å²) in [6.07, 6.45) is 0. The van der Waals surface area contributed by atoms with Crippen molar-refractivity contribution in [2.45, 2.75) is 19.8 Å². The maximum Gasteiger partial charge on any atom is 0.342 e. The molecule has 0 radical (unpaired) electrons. The van der Waals surface area contributed by atoms with E-state index in [1.165, 1.54) is 0 Å². The second kappa shape index (κ2) is 11.2. The number of carbonyl (C=O) groups is 1. The highest BCUT2D eigenvalue weighted by Gasteiger charge is 2.18. The smallest absolute Gasteiger partial charge is 0.342 e. The van der Waals surface area contributed by atoms with Crippen LogP contribution in [0.5, 0.6) is 11.5 Å². The fourth-order valence-corrected chi connectivity index (χ4v) is 3.95. The number of hydrogen-bond acceptors (Lipinski definition) is 4. The minimum Gasteiger partial charge on any atom is -0.488 e. The lowest BCUT2D eigenvalue weighted by Crippen LogP contribution is -2.09. The fraction of sp³-hybridized carbons (Fsp3) is 0.0938. The first-order chi connectivity index (χ1) is 17.8. The molecule has 0 aliphatic heterocycles. The van der Waals surface area contributed by atoms with Crippen LogP contribution in [0, 0.1) is 0 Å². The van der Waals surface area contributed by atoms with Gasteiger partial charge in [0.2, 0.25) is 0 Å². The first-order valence-corrected chi connectivity index (χ1v) is 11.9. The molecule has 0 fully saturated rings. The Kier molecular flexibility index (Phi) is 7.24. The van der Waals surface area contributed by atoms with Crippen LogP contribution in [0.25, 0.3) is 10.8 Å². The standard InChI is InChI=1S/C32H26O4/c33-32(36-23-26-15-8-3-9-16-26)29-19-27-17-10-18-30(34-21-24-11-4-1-5-12-24)28(27)20-31(29)35-22-25-13-6-2-7-14-25/h1-20H,21-23H2. The van der Waals surface area contributed by atoms with Crippen molar-refractivity contribution < 1.29 is 19.0 Å². The Morgan fingerprint density at radius 1 is 0.528 bits per heavy atom. The number of ether oxygens (including phenoxy) is 3. The zero-order valence-electron chi connectivity index (χ0n) is 19.8. The van der Waals surface area contributed by atoms with E-state index in [-0.39, 0.29) is 6.61 Å². The van der Waals surface area contributed by atoms with Gasteiger partial charge in [0.15, 0.2) is 0 Å². The molecule has 0 spiro atoms. The third-order valence-electron chi connectivity index (χ3n) is 5.85. The van der Waals surface area contributed by atoms with E-state index in [1.807, 2.05) is 121 Å². The highest BCUT2D eigenvalue weighted by molar-refractivity contribution is 6.00. The average Bonchev–Trinajstić information content (AvgIpc) is 2.95. The largest absolute Gasteiger partial charge is 0.488 e. The Balaban J connectivity index is 1.45. The Morgan fingerprint density at radius 3 is 1.64 bits per heavy atom. The second-order valence-corrected chi connectivity index (χ2v) is 8.44. The predicted octanol–water partition coefficient (Wildman–Crippen LogP) is 7.35. The highest BCUT2D eigenvalue weighted by atomic mass is 16.5. The summed E-state index contributed by atoms with van der Waals surface area (Å²) >= 11 is 0. The van der Waals surface area contributed by atoms with Gasteiger partial charge in [0.05, 0.1) is 0 Å². The van der Waals surface area contributed by atoms with Gasteiger partial charge in [0.1, 0.15) is 36.9 Å². The van der Waals surface area contributed by atoms with Crippen molar-refractivity contribution in [2.75, 3.05) is 0 Å². The van der Waals surface area contributed by atoms with Crippen LogP contribution in [-0.2, 0) is 24.6 Å². The normalized spacial score (nSPS) is 10.7. The molecule has 0 saturated carbocycles. The molecule has 0 heterocycles. The molecule has 0 bridgehead atoms. The number of benzene rings is 5. The molecule has 5 aromatic carbocycles. The van der Waals surface area contributed by atoms with Crippen molar-refractivity contribution in [1.82, 2.24) is 0 Å². The molecule has 0 atom stereocenters. The van der Waals surface area contributed by atoms with Crippen molar-refractivity contribution in [3.8, 4) is 11.5 Å². The summed E-state index contributed by atoms with van der Waals surface area (Å²) in [6, 6.07) is 39.0. The summed E-state index contributed by atoms with van der Waals surface area (Å²) in [6.45, 7) is 0.968. The maximum atomic E-state index is 13.2. The Labute approximate surface area is 210 Å². The van der Waals surface area contributed by atoms with E-state index >= 15 is 0 Å². The van der Waals surface area contributed by atoms with Crippen LogP contribution in [0.15, 0.2) is 121 Å². The molecule has 0 aliphatic rings. The Hall–Kier alpha value is -4.57. The summed E-state index contributed by atoms with van der Waals surface area (Å²) < 4.78 is 18.0. The number of hydrogen-bond donors (Lipinski definition) is 0. The molecule has 178 valence electrons. The number of carbonyl (C=O) groups excluding carboxylic acids is 1. The lowest BCUT2D eigenvalue weighted by Gasteiger charge is -2.15. The van der Waals surface area contributed by atoms with E-state index in [0.717, 1.165) is 33.2 Å². The van der Waals surface area contributed by atoms with Gasteiger partial charge in [0.25, 0.3) is 0 Å².